The number of hydrogen-bond donors (Lipinski definition) is 0. The second kappa shape index (κ2) is 12.1. The molecule has 0 atom stereocenters. The Morgan fingerprint density at radius 1 is 0.600 bits per heavy atom. The van der Waals surface area contributed by atoms with Crippen molar-refractivity contribution in [3.63, 3.8) is 0 Å². The fourth-order valence-electron chi connectivity index (χ4n) is 3.49. The zero-order valence-electron chi connectivity index (χ0n) is 20.9. The third-order valence-corrected chi connectivity index (χ3v) is 5.54. The Hall–Kier alpha value is -5.84. The van der Waals surface area contributed by atoms with Crippen LogP contribution >= 0.6 is 0 Å². The van der Waals surface area contributed by atoms with Crippen LogP contribution in [-0.2, 0) is 0 Å². The van der Waals surface area contributed by atoms with Gasteiger partial charge in [-0.15, -0.1) is 0 Å². The minimum absolute atomic E-state index is 0.0479. The van der Waals surface area contributed by atoms with E-state index < -0.39 is 21.8 Å². The van der Waals surface area contributed by atoms with Gasteiger partial charge in [0.15, 0.2) is 0 Å². The molecular formula is C29H20N2O9. The van der Waals surface area contributed by atoms with E-state index in [-0.39, 0.29) is 34.0 Å². The van der Waals surface area contributed by atoms with Crippen molar-refractivity contribution < 1.29 is 33.6 Å². The molecular weight excluding hydrogens is 520 g/mol. The SMILES string of the molecule is COc1ccc(/C=C/c2cc(OC(=O)c3ccc([N+](=O)[O-])cc3)cc(OC(=O)c3ccc([N+](=O)[O-])cc3)c2)cc1. The maximum atomic E-state index is 12.7. The molecule has 11 heteroatoms. The van der Waals surface area contributed by atoms with E-state index in [1.165, 1.54) is 54.6 Å². The van der Waals surface area contributed by atoms with Crippen LogP contribution < -0.4 is 14.2 Å². The number of nitro benzene ring substituents is 2. The molecule has 0 spiro atoms. The molecule has 0 saturated carbocycles. The highest BCUT2D eigenvalue weighted by molar-refractivity contribution is 5.92. The monoisotopic (exact) mass is 540 g/mol. The molecule has 4 aromatic rings. The quantitative estimate of drug-likeness (QED) is 0.0804. The lowest BCUT2D eigenvalue weighted by atomic mass is 10.1. The Morgan fingerprint density at radius 2 is 1.02 bits per heavy atom. The zero-order valence-corrected chi connectivity index (χ0v) is 20.9. The van der Waals surface area contributed by atoms with E-state index in [4.69, 9.17) is 14.2 Å². The number of hydrogen-bond acceptors (Lipinski definition) is 9. The molecule has 4 aromatic carbocycles. The van der Waals surface area contributed by atoms with Gasteiger partial charge in [-0.2, -0.15) is 0 Å². The molecule has 4 rings (SSSR count). The van der Waals surface area contributed by atoms with Gasteiger partial charge in [-0.25, -0.2) is 9.59 Å². The number of carbonyl (C=O) groups is 2. The molecule has 0 aromatic heterocycles. The molecule has 0 N–H and O–H groups in total. The van der Waals surface area contributed by atoms with Crippen LogP contribution in [0.25, 0.3) is 12.2 Å². The van der Waals surface area contributed by atoms with Crippen LogP contribution in [0.4, 0.5) is 11.4 Å². The topological polar surface area (TPSA) is 148 Å². The number of benzene rings is 4. The van der Waals surface area contributed by atoms with Crippen molar-refractivity contribution in [2.75, 3.05) is 7.11 Å². The van der Waals surface area contributed by atoms with Gasteiger partial charge in [0, 0.05) is 30.3 Å². The van der Waals surface area contributed by atoms with Crippen LogP contribution in [0, 0.1) is 20.2 Å². The predicted octanol–water partition coefficient (Wildman–Crippen LogP) is 6.12. The fraction of sp³-hybridized carbons (Fsp3) is 0.0345. The van der Waals surface area contributed by atoms with E-state index in [2.05, 4.69) is 0 Å². The normalized spacial score (nSPS) is 10.6. The molecule has 0 aliphatic rings. The van der Waals surface area contributed by atoms with Crippen LogP contribution in [0.2, 0.25) is 0 Å². The molecule has 40 heavy (non-hydrogen) atoms. The van der Waals surface area contributed by atoms with Crippen molar-refractivity contribution in [2.45, 2.75) is 0 Å². The van der Waals surface area contributed by atoms with Crippen molar-refractivity contribution in [3.05, 3.63) is 133 Å². The second-order valence-electron chi connectivity index (χ2n) is 8.23. The van der Waals surface area contributed by atoms with Gasteiger partial charge in [-0.3, -0.25) is 20.2 Å². The molecule has 11 nitrogen and oxygen atoms in total. The van der Waals surface area contributed by atoms with Crippen molar-refractivity contribution >= 4 is 35.5 Å². The van der Waals surface area contributed by atoms with E-state index in [9.17, 15) is 29.8 Å². The lowest BCUT2D eigenvalue weighted by Crippen LogP contribution is -2.10. The first-order chi connectivity index (χ1) is 19.2. The van der Waals surface area contributed by atoms with Crippen LogP contribution in [0.3, 0.4) is 0 Å². The Bertz CT molecular complexity index is 1500. The number of rotatable bonds is 9. The molecule has 0 radical (unpaired) electrons. The highest BCUT2D eigenvalue weighted by atomic mass is 16.6. The van der Waals surface area contributed by atoms with E-state index in [0.29, 0.717) is 11.3 Å². The third kappa shape index (κ3) is 6.92. The molecule has 0 aliphatic heterocycles. The van der Waals surface area contributed by atoms with Gasteiger partial charge in [0.1, 0.15) is 17.2 Å². The summed E-state index contributed by atoms with van der Waals surface area (Å²) in [6.45, 7) is 0. The average molecular weight is 540 g/mol. The minimum atomic E-state index is -0.779. The summed E-state index contributed by atoms with van der Waals surface area (Å²) in [6.07, 6.45) is 3.51. The number of esters is 2. The Balaban J connectivity index is 1.60. The first-order valence-corrected chi connectivity index (χ1v) is 11.6. The summed E-state index contributed by atoms with van der Waals surface area (Å²) >= 11 is 0. The van der Waals surface area contributed by atoms with Crippen molar-refractivity contribution in [3.8, 4) is 17.2 Å². The summed E-state index contributed by atoms with van der Waals surface area (Å²) in [7, 11) is 1.56. The van der Waals surface area contributed by atoms with Crippen molar-refractivity contribution in [1.82, 2.24) is 0 Å². The molecule has 0 fully saturated rings. The van der Waals surface area contributed by atoms with Gasteiger partial charge in [-0.1, -0.05) is 24.3 Å². The Labute approximate surface area is 227 Å². The Kier molecular flexibility index (Phi) is 8.25. The summed E-state index contributed by atoms with van der Waals surface area (Å²) in [6, 6.07) is 21.5. The number of carbonyl (C=O) groups excluding carboxylic acids is 2. The highest BCUT2D eigenvalue weighted by Gasteiger charge is 2.15. The van der Waals surface area contributed by atoms with Gasteiger partial charge in [0.2, 0.25) is 0 Å². The first kappa shape index (κ1) is 27.2. The predicted molar refractivity (Wildman–Crippen MR) is 144 cm³/mol. The summed E-state index contributed by atoms with van der Waals surface area (Å²) < 4.78 is 16.1. The van der Waals surface area contributed by atoms with Gasteiger partial charge in [0.05, 0.1) is 28.1 Å². The maximum absolute atomic E-state index is 12.7. The molecule has 200 valence electrons. The lowest BCUT2D eigenvalue weighted by Gasteiger charge is -2.10. The van der Waals surface area contributed by atoms with Crippen LogP contribution in [0.5, 0.6) is 17.2 Å². The highest BCUT2D eigenvalue weighted by Crippen LogP contribution is 2.27. The summed E-state index contributed by atoms with van der Waals surface area (Å²) in [5.74, 6) is -0.770. The molecule has 0 aliphatic carbocycles. The van der Waals surface area contributed by atoms with Gasteiger partial charge >= 0.3 is 11.9 Å². The Morgan fingerprint density at radius 3 is 1.43 bits per heavy atom. The lowest BCUT2D eigenvalue weighted by molar-refractivity contribution is -0.385. The number of ether oxygens (including phenoxy) is 3. The molecule has 0 bridgehead atoms. The standard InChI is InChI=1S/C29H20N2O9/c1-38-25-14-4-19(5-15-25)2-3-20-16-26(39-28(32)21-6-10-23(11-7-21)30(34)35)18-27(17-20)40-29(33)22-8-12-24(13-9-22)31(36)37/h2-18H,1H3/b3-2+. The van der Waals surface area contributed by atoms with E-state index in [1.807, 2.05) is 12.1 Å². The number of nitrogens with zero attached hydrogens (tertiary/aromatic N) is 2. The molecule has 0 heterocycles. The molecule has 0 saturated heterocycles. The van der Waals surface area contributed by atoms with Crippen LogP contribution in [0.1, 0.15) is 31.8 Å². The summed E-state index contributed by atoms with van der Waals surface area (Å²) in [4.78, 5) is 46.0. The molecule has 0 unspecified atom stereocenters. The van der Waals surface area contributed by atoms with Gasteiger partial charge in [-0.05, 0) is 59.7 Å². The van der Waals surface area contributed by atoms with Gasteiger partial charge < -0.3 is 14.2 Å². The third-order valence-electron chi connectivity index (χ3n) is 5.54. The van der Waals surface area contributed by atoms with Crippen molar-refractivity contribution in [1.29, 1.82) is 0 Å². The summed E-state index contributed by atoms with van der Waals surface area (Å²) in [5.41, 5.74) is 1.17. The smallest absolute Gasteiger partial charge is 0.343 e. The minimum Gasteiger partial charge on any atom is -0.497 e. The zero-order chi connectivity index (χ0) is 28.6. The number of non-ortho nitro benzene ring substituents is 2. The molecule has 0 amide bonds. The fourth-order valence-corrected chi connectivity index (χ4v) is 3.49. The van der Waals surface area contributed by atoms with Gasteiger partial charge in [0.25, 0.3) is 11.4 Å². The largest absolute Gasteiger partial charge is 0.497 e. The summed E-state index contributed by atoms with van der Waals surface area (Å²) in [5, 5.41) is 21.8. The van der Waals surface area contributed by atoms with Crippen molar-refractivity contribution in [2.24, 2.45) is 0 Å². The maximum Gasteiger partial charge on any atom is 0.343 e. The van der Waals surface area contributed by atoms with Crippen LogP contribution in [-0.4, -0.2) is 28.9 Å². The number of methoxy groups -OCH3 is 1. The number of nitro groups is 2. The van der Waals surface area contributed by atoms with E-state index in [1.54, 1.807) is 43.5 Å². The van der Waals surface area contributed by atoms with E-state index >= 15 is 0 Å². The first-order valence-electron chi connectivity index (χ1n) is 11.6. The average Bonchev–Trinajstić information content (AvgIpc) is 2.96. The second-order valence-corrected chi connectivity index (χ2v) is 8.23. The van der Waals surface area contributed by atoms with E-state index in [0.717, 1.165) is 5.56 Å². The van der Waals surface area contributed by atoms with Crippen LogP contribution in [0.15, 0.2) is 91.0 Å².